The zero-order chi connectivity index (χ0) is 17.4. The van der Waals surface area contributed by atoms with Gasteiger partial charge in [0.25, 0.3) is 5.91 Å². The van der Waals surface area contributed by atoms with E-state index < -0.39 is 0 Å². The maximum atomic E-state index is 13.0. The molecule has 0 saturated heterocycles. The molecule has 0 spiro atoms. The van der Waals surface area contributed by atoms with Gasteiger partial charge < -0.3 is 5.32 Å². The van der Waals surface area contributed by atoms with Crippen molar-refractivity contribution in [1.82, 2.24) is 9.38 Å². The number of rotatable bonds is 3. The molecule has 4 rings (SSSR count). The molecule has 0 atom stereocenters. The van der Waals surface area contributed by atoms with Crippen LogP contribution in [0, 0.1) is 12.7 Å². The summed E-state index contributed by atoms with van der Waals surface area (Å²) in [5.74, 6) is -0.646. The Morgan fingerprint density at radius 2 is 2.00 bits per heavy atom. The van der Waals surface area contributed by atoms with E-state index in [1.54, 1.807) is 11.3 Å². The van der Waals surface area contributed by atoms with Crippen molar-refractivity contribution in [3.63, 3.8) is 0 Å². The van der Waals surface area contributed by atoms with Gasteiger partial charge in [-0.3, -0.25) is 9.20 Å². The standard InChI is InChI=1S/C19H14FN3OS/c1-12-11-25-19-22-17(10-23(12)19)14-3-2-4-16(9-14)21-18(24)13-5-7-15(20)8-6-13/h2-11H,1H3,(H,21,24). The molecule has 1 N–H and O–H groups in total. The fourth-order valence-electron chi connectivity index (χ4n) is 2.59. The third-order valence-electron chi connectivity index (χ3n) is 3.91. The minimum Gasteiger partial charge on any atom is -0.322 e. The van der Waals surface area contributed by atoms with Gasteiger partial charge in [0.2, 0.25) is 0 Å². The van der Waals surface area contributed by atoms with E-state index in [-0.39, 0.29) is 11.7 Å². The minimum absolute atomic E-state index is 0.279. The van der Waals surface area contributed by atoms with Crippen molar-refractivity contribution in [2.24, 2.45) is 0 Å². The van der Waals surface area contributed by atoms with Crippen molar-refractivity contribution >= 4 is 27.9 Å². The molecule has 0 saturated carbocycles. The lowest BCUT2D eigenvalue weighted by atomic mass is 10.1. The predicted octanol–water partition coefficient (Wildman–Crippen LogP) is 4.76. The van der Waals surface area contributed by atoms with Gasteiger partial charge in [-0.25, -0.2) is 9.37 Å². The number of aryl methyl sites for hydroxylation is 1. The molecule has 0 fully saturated rings. The minimum atomic E-state index is -0.367. The topological polar surface area (TPSA) is 46.4 Å². The van der Waals surface area contributed by atoms with Crippen LogP contribution in [0.15, 0.2) is 60.1 Å². The lowest BCUT2D eigenvalue weighted by Gasteiger charge is -2.06. The number of nitrogens with zero attached hydrogens (tertiary/aromatic N) is 2. The molecule has 124 valence electrons. The average molecular weight is 351 g/mol. The number of thiazole rings is 1. The normalized spacial score (nSPS) is 11.0. The number of hydrogen-bond acceptors (Lipinski definition) is 3. The summed E-state index contributed by atoms with van der Waals surface area (Å²) in [5, 5.41) is 4.89. The van der Waals surface area contributed by atoms with Gasteiger partial charge in [-0.15, -0.1) is 11.3 Å². The molecule has 4 aromatic rings. The first-order valence-corrected chi connectivity index (χ1v) is 8.59. The number of fused-ring (bicyclic) bond motifs is 1. The van der Waals surface area contributed by atoms with E-state index >= 15 is 0 Å². The Bertz CT molecular complexity index is 1070. The Hall–Kier alpha value is -2.99. The summed E-state index contributed by atoms with van der Waals surface area (Å²) in [4.78, 5) is 17.8. The Morgan fingerprint density at radius 3 is 2.76 bits per heavy atom. The van der Waals surface area contributed by atoms with Crippen LogP contribution in [0.1, 0.15) is 16.1 Å². The smallest absolute Gasteiger partial charge is 0.255 e. The number of carbonyl (C=O) groups is 1. The van der Waals surface area contributed by atoms with Crippen LogP contribution in [-0.4, -0.2) is 15.3 Å². The fourth-order valence-corrected chi connectivity index (χ4v) is 3.44. The highest BCUT2D eigenvalue weighted by Gasteiger charge is 2.10. The maximum Gasteiger partial charge on any atom is 0.255 e. The van der Waals surface area contributed by atoms with Crippen LogP contribution < -0.4 is 5.32 Å². The predicted molar refractivity (Wildman–Crippen MR) is 97.6 cm³/mol. The van der Waals surface area contributed by atoms with Gasteiger partial charge in [-0.05, 0) is 43.3 Å². The summed E-state index contributed by atoms with van der Waals surface area (Å²) < 4.78 is 15.0. The Kier molecular flexibility index (Phi) is 3.82. The third kappa shape index (κ3) is 3.04. The quantitative estimate of drug-likeness (QED) is 0.578. The Labute approximate surface area is 147 Å². The molecule has 2 heterocycles. The van der Waals surface area contributed by atoms with Crippen LogP contribution in [0.5, 0.6) is 0 Å². The molecule has 0 aliphatic rings. The molecular formula is C19H14FN3OS. The molecule has 6 heteroatoms. The number of imidazole rings is 1. The van der Waals surface area contributed by atoms with Crippen LogP contribution in [0.2, 0.25) is 0 Å². The number of anilines is 1. The Morgan fingerprint density at radius 1 is 1.20 bits per heavy atom. The molecule has 25 heavy (non-hydrogen) atoms. The third-order valence-corrected chi connectivity index (χ3v) is 4.87. The summed E-state index contributed by atoms with van der Waals surface area (Å²) in [6.07, 6.45) is 1.99. The van der Waals surface area contributed by atoms with Crippen molar-refractivity contribution in [3.8, 4) is 11.3 Å². The number of aromatic nitrogens is 2. The van der Waals surface area contributed by atoms with Gasteiger partial charge in [-0.1, -0.05) is 12.1 Å². The van der Waals surface area contributed by atoms with E-state index in [4.69, 9.17) is 0 Å². The molecular weight excluding hydrogens is 337 g/mol. The van der Waals surface area contributed by atoms with Gasteiger partial charge in [0.1, 0.15) is 5.82 Å². The van der Waals surface area contributed by atoms with Crippen molar-refractivity contribution in [1.29, 1.82) is 0 Å². The lowest BCUT2D eigenvalue weighted by Crippen LogP contribution is -2.11. The van der Waals surface area contributed by atoms with Crippen molar-refractivity contribution in [2.45, 2.75) is 6.92 Å². The van der Waals surface area contributed by atoms with Crippen molar-refractivity contribution < 1.29 is 9.18 Å². The van der Waals surface area contributed by atoms with Gasteiger partial charge >= 0.3 is 0 Å². The molecule has 0 bridgehead atoms. The SMILES string of the molecule is Cc1csc2nc(-c3cccc(NC(=O)c4ccc(F)cc4)c3)cn12. The maximum absolute atomic E-state index is 13.0. The summed E-state index contributed by atoms with van der Waals surface area (Å²) >= 11 is 1.59. The van der Waals surface area contributed by atoms with E-state index in [9.17, 15) is 9.18 Å². The van der Waals surface area contributed by atoms with Crippen LogP contribution >= 0.6 is 11.3 Å². The fraction of sp³-hybridized carbons (Fsp3) is 0.0526. The number of nitrogens with one attached hydrogen (secondary N) is 1. The van der Waals surface area contributed by atoms with Crippen LogP contribution in [-0.2, 0) is 0 Å². The van der Waals surface area contributed by atoms with Crippen LogP contribution in [0.4, 0.5) is 10.1 Å². The summed E-state index contributed by atoms with van der Waals surface area (Å²) in [6.45, 7) is 2.04. The molecule has 4 nitrogen and oxygen atoms in total. The molecule has 0 aliphatic heterocycles. The molecule has 2 aromatic carbocycles. The van der Waals surface area contributed by atoms with Gasteiger partial charge in [0.05, 0.1) is 5.69 Å². The van der Waals surface area contributed by atoms with Gasteiger partial charge in [-0.2, -0.15) is 0 Å². The monoisotopic (exact) mass is 351 g/mol. The molecule has 2 aromatic heterocycles. The number of hydrogen-bond donors (Lipinski definition) is 1. The summed E-state index contributed by atoms with van der Waals surface area (Å²) in [6, 6.07) is 13.0. The second-order valence-corrected chi connectivity index (χ2v) is 6.53. The average Bonchev–Trinajstić information content (AvgIpc) is 3.18. The highest BCUT2D eigenvalue weighted by molar-refractivity contribution is 7.15. The van der Waals surface area contributed by atoms with E-state index in [1.807, 2.05) is 41.8 Å². The lowest BCUT2D eigenvalue weighted by molar-refractivity contribution is 0.102. The van der Waals surface area contributed by atoms with E-state index in [0.29, 0.717) is 11.3 Å². The summed E-state index contributed by atoms with van der Waals surface area (Å²) in [5.41, 5.74) is 3.99. The molecule has 0 unspecified atom stereocenters. The zero-order valence-corrected chi connectivity index (χ0v) is 14.2. The number of halogens is 1. The Balaban J connectivity index is 1.60. The van der Waals surface area contributed by atoms with Crippen molar-refractivity contribution in [3.05, 3.63) is 77.2 Å². The number of benzene rings is 2. The molecule has 1 amide bonds. The molecule has 0 aliphatic carbocycles. The molecule has 0 radical (unpaired) electrons. The van der Waals surface area contributed by atoms with Crippen LogP contribution in [0.25, 0.3) is 16.2 Å². The van der Waals surface area contributed by atoms with Gasteiger partial charge in [0, 0.05) is 34.1 Å². The number of carbonyl (C=O) groups excluding carboxylic acids is 1. The van der Waals surface area contributed by atoms with Gasteiger partial charge in [0.15, 0.2) is 4.96 Å². The van der Waals surface area contributed by atoms with E-state index in [2.05, 4.69) is 15.7 Å². The van der Waals surface area contributed by atoms with E-state index in [0.717, 1.165) is 21.9 Å². The second kappa shape index (κ2) is 6.14. The van der Waals surface area contributed by atoms with Crippen LogP contribution in [0.3, 0.4) is 0 Å². The first-order chi connectivity index (χ1) is 12.1. The van der Waals surface area contributed by atoms with Crippen molar-refractivity contribution in [2.75, 3.05) is 5.32 Å². The first kappa shape index (κ1) is 15.5. The largest absolute Gasteiger partial charge is 0.322 e. The first-order valence-electron chi connectivity index (χ1n) is 7.71. The second-order valence-electron chi connectivity index (χ2n) is 5.70. The highest BCUT2D eigenvalue weighted by Crippen LogP contribution is 2.25. The summed E-state index contributed by atoms with van der Waals surface area (Å²) in [7, 11) is 0. The number of amides is 1. The highest BCUT2D eigenvalue weighted by atomic mass is 32.1. The zero-order valence-electron chi connectivity index (χ0n) is 13.4. The van der Waals surface area contributed by atoms with E-state index in [1.165, 1.54) is 24.3 Å².